The summed E-state index contributed by atoms with van der Waals surface area (Å²) in [6.07, 6.45) is 2.06. The zero-order chi connectivity index (χ0) is 14.4. The van der Waals surface area contributed by atoms with Crippen molar-refractivity contribution in [3.8, 4) is 0 Å². The van der Waals surface area contributed by atoms with E-state index >= 15 is 0 Å². The van der Waals surface area contributed by atoms with Gasteiger partial charge in [0.15, 0.2) is 0 Å². The molecule has 1 N–H and O–H groups in total. The maximum Gasteiger partial charge on any atom is 0.411 e. The highest BCUT2D eigenvalue weighted by Gasteiger charge is 2.30. The van der Waals surface area contributed by atoms with Crippen LogP contribution in [0.25, 0.3) is 0 Å². The first-order chi connectivity index (χ1) is 8.91. The lowest BCUT2D eigenvalue weighted by atomic mass is 9.78. The maximum atomic E-state index is 11.9. The summed E-state index contributed by atoms with van der Waals surface area (Å²) in [5.41, 5.74) is 0.212. The maximum absolute atomic E-state index is 11.9. The molecule has 0 radical (unpaired) electrons. The highest BCUT2D eigenvalue weighted by atomic mass is 19.4. The summed E-state index contributed by atoms with van der Waals surface area (Å²) in [5.74, 6) is 0. The van der Waals surface area contributed by atoms with E-state index in [0.717, 1.165) is 25.8 Å². The van der Waals surface area contributed by atoms with Crippen LogP contribution < -0.4 is 5.32 Å². The molecule has 1 aliphatic rings. The highest BCUT2D eigenvalue weighted by molar-refractivity contribution is 4.86. The number of halogens is 3. The molecule has 1 aliphatic carbocycles. The zero-order valence-electron chi connectivity index (χ0n) is 12.0. The SMILES string of the molecule is CCC(CC)(CCCOCC(F)(F)F)CNC1CC1. The Morgan fingerprint density at radius 3 is 2.26 bits per heavy atom. The zero-order valence-corrected chi connectivity index (χ0v) is 12.0. The van der Waals surface area contributed by atoms with Gasteiger partial charge in [-0.1, -0.05) is 13.8 Å². The lowest BCUT2D eigenvalue weighted by Gasteiger charge is -2.32. The largest absolute Gasteiger partial charge is 0.411 e. The first kappa shape index (κ1) is 16.8. The Hall–Kier alpha value is -0.290. The van der Waals surface area contributed by atoms with Gasteiger partial charge in [0.05, 0.1) is 0 Å². The monoisotopic (exact) mass is 281 g/mol. The van der Waals surface area contributed by atoms with Gasteiger partial charge in [-0.05, 0) is 43.9 Å². The van der Waals surface area contributed by atoms with Gasteiger partial charge >= 0.3 is 6.18 Å². The molecule has 5 heteroatoms. The fourth-order valence-corrected chi connectivity index (χ4v) is 2.33. The summed E-state index contributed by atoms with van der Waals surface area (Å²) >= 11 is 0. The Kier molecular flexibility index (Phi) is 6.60. The summed E-state index contributed by atoms with van der Waals surface area (Å²) in [5, 5.41) is 3.54. The van der Waals surface area contributed by atoms with E-state index in [9.17, 15) is 13.2 Å². The molecule has 19 heavy (non-hydrogen) atoms. The molecule has 114 valence electrons. The number of rotatable bonds is 10. The molecule has 0 aliphatic heterocycles. The number of nitrogens with one attached hydrogen (secondary N) is 1. The van der Waals surface area contributed by atoms with Gasteiger partial charge in [0, 0.05) is 19.2 Å². The normalized spacial score (nSPS) is 16.9. The summed E-state index contributed by atoms with van der Waals surface area (Å²) in [4.78, 5) is 0. The van der Waals surface area contributed by atoms with Crippen molar-refractivity contribution in [2.24, 2.45) is 5.41 Å². The van der Waals surface area contributed by atoms with Crippen LogP contribution in [-0.4, -0.2) is 32.0 Å². The first-order valence-electron chi connectivity index (χ1n) is 7.29. The van der Waals surface area contributed by atoms with Crippen LogP contribution in [0.4, 0.5) is 13.2 Å². The van der Waals surface area contributed by atoms with E-state index in [4.69, 9.17) is 0 Å². The summed E-state index contributed by atoms with van der Waals surface area (Å²) in [6.45, 7) is 4.37. The molecule has 0 bridgehead atoms. The van der Waals surface area contributed by atoms with Crippen molar-refractivity contribution < 1.29 is 17.9 Å². The van der Waals surface area contributed by atoms with Crippen molar-refractivity contribution in [1.29, 1.82) is 0 Å². The van der Waals surface area contributed by atoms with Crippen LogP contribution in [-0.2, 0) is 4.74 Å². The van der Waals surface area contributed by atoms with Crippen LogP contribution >= 0.6 is 0 Å². The molecule has 0 atom stereocenters. The van der Waals surface area contributed by atoms with Gasteiger partial charge in [-0.15, -0.1) is 0 Å². The average Bonchev–Trinajstić information content (AvgIpc) is 3.16. The fraction of sp³-hybridized carbons (Fsp3) is 1.00. The van der Waals surface area contributed by atoms with E-state index in [2.05, 4.69) is 23.9 Å². The van der Waals surface area contributed by atoms with Crippen LogP contribution in [0.5, 0.6) is 0 Å². The molecular weight excluding hydrogens is 255 g/mol. The third kappa shape index (κ3) is 7.16. The van der Waals surface area contributed by atoms with Gasteiger partial charge in [-0.2, -0.15) is 13.2 Å². The Morgan fingerprint density at radius 1 is 1.16 bits per heavy atom. The van der Waals surface area contributed by atoms with Gasteiger partial charge in [0.1, 0.15) is 6.61 Å². The third-order valence-electron chi connectivity index (χ3n) is 4.10. The Balaban J connectivity index is 2.20. The van der Waals surface area contributed by atoms with E-state index in [-0.39, 0.29) is 12.0 Å². The van der Waals surface area contributed by atoms with Gasteiger partial charge in [0.25, 0.3) is 0 Å². The minimum Gasteiger partial charge on any atom is -0.372 e. The average molecular weight is 281 g/mol. The molecule has 0 unspecified atom stereocenters. The van der Waals surface area contributed by atoms with Crippen molar-refractivity contribution in [3.05, 3.63) is 0 Å². The summed E-state index contributed by atoms with van der Waals surface area (Å²) in [7, 11) is 0. The molecule has 2 nitrogen and oxygen atoms in total. The highest BCUT2D eigenvalue weighted by Crippen LogP contribution is 2.33. The van der Waals surface area contributed by atoms with Crippen LogP contribution in [0.1, 0.15) is 52.4 Å². The van der Waals surface area contributed by atoms with E-state index in [0.29, 0.717) is 12.5 Å². The van der Waals surface area contributed by atoms with E-state index in [1.807, 2.05) is 0 Å². The molecule has 1 fully saturated rings. The van der Waals surface area contributed by atoms with E-state index in [1.165, 1.54) is 12.8 Å². The van der Waals surface area contributed by atoms with Gasteiger partial charge in [-0.3, -0.25) is 0 Å². The van der Waals surface area contributed by atoms with Crippen LogP contribution in [0.15, 0.2) is 0 Å². The standard InChI is InChI=1S/C14H26F3NO/c1-3-13(4-2,10-18-12-6-7-12)8-5-9-19-11-14(15,16)17/h12,18H,3-11H2,1-2H3. The third-order valence-corrected chi connectivity index (χ3v) is 4.10. The molecule has 0 saturated heterocycles. The molecule has 0 spiro atoms. The van der Waals surface area contributed by atoms with E-state index in [1.54, 1.807) is 0 Å². The quantitative estimate of drug-likeness (QED) is 0.613. The van der Waals surface area contributed by atoms with Crippen LogP contribution in [0.2, 0.25) is 0 Å². The van der Waals surface area contributed by atoms with Crippen molar-refractivity contribution >= 4 is 0 Å². The Labute approximate surface area is 114 Å². The summed E-state index contributed by atoms with van der Waals surface area (Å²) < 4.78 is 40.5. The molecule has 0 aromatic rings. The second kappa shape index (κ2) is 7.48. The molecule has 1 rings (SSSR count). The fourth-order valence-electron chi connectivity index (χ4n) is 2.33. The molecule has 1 saturated carbocycles. The Morgan fingerprint density at radius 2 is 1.79 bits per heavy atom. The molecule has 0 aromatic heterocycles. The molecular formula is C14H26F3NO. The minimum atomic E-state index is -4.21. The number of hydrogen-bond acceptors (Lipinski definition) is 2. The van der Waals surface area contributed by atoms with Gasteiger partial charge < -0.3 is 10.1 Å². The van der Waals surface area contributed by atoms with Crippen LogP contribution in [0, 0.1) is 5.41 Å². The number of alkyl halides is 3. The van der Waals surface area contributed by atoms with Gasteiger partial charge in [-0.25, -0.2) is 0 Å². The predicted octanol–water partition coefficient (Wildman–Crippen LogP) is 3.90. The number of hydrogen-bond donors (Lipinski definition) is 1. The lowest BCUT2D eigenvalue weighted by Crippen LogP contribution is -2.35. The molecule has 0 aromatic carbocycles. The van der Waals surface area contributed by atoms with Crippen LogP contribution in [0.3, 0.4) is 0 Å². The number of ether oxygens (including phenoxy) is 1. The van der Waals surface area contributed by atoms with Crippen molar-refractivity contribution in [2.75, 3.05) is 19.8 Å². The molecule has 0 heterocycles. The summed E-state index contributed by atoms with van der Waals surface area (Å²) in [6, 6.07) is 0.680. The lowest BCUT2D eigenvalue weighted by molar-refractivity contribution is -0.174. The Bertz CT molecular complexity index is 248. The van der Waals surface area contributed by atoms with Crippen molar-refractivity contribution in [2.45, 2.75) is 64.6 Å². The van der Waals surface area contributed by atoms with E-state index < -0.39 is 12.8 Å². The molecule has 0 amide bonds. The first-order valence-corrected chi connectivity index (χ1v) is 7.29. The topological polar surface area (TPSA) is 21.3 Å². The van der Waals surface area contributed by atoms with Gasteiger partial charge in [0.2, 0.25) is 0 Å². The minimum absolute atomic E-state index is 0.199. The second-order valence-electron chi connectivity index (χ2n) is 5.63. The van der Waals surface area contributed by atoms with Crippen molar-refractivity contribution in [3.63, 3.8) is 0 Å². The smallest absolute Gasteiger partial charge is 0.372 e. The second-order valence-corrected chi connectivity index (χ2v) is 5.63. The van der Waals surface area contributed by atoms with Crippen molar-refractivity contribution in [1.82, 2.24) is 5.32 Å². The predicted molar refractivity (Wildman–Crippen MR) is 70.1 cm³/mol.